The summed E-state index contributed by atoms with van der Waals surface area (Å²) in [4.78, 5) is 0. The second-order valence-electron chi connectivity index (χ2n) is 3.41. The second-order valence-corrected chi connectivity index (χ2v) is 3.82. The van der Waals surface area contributed by atoms with Gasteiger partial charge in [-0.2, -0.15) is 5.26 Å². The predicted octanol–water partition coefficient (Wildman–Crippen LogP) is 4.09. The largest absolute Gasteiger partial charge is 0.352 e. The van der Waals surface area contributed by atoms with Crippen LogP contribution in [0.2, 0.25) is 5.02 Å². The van der Waals surface area contributed by atoms with Crippen LogP contribution >= 0.6 is 11.6 Å². The van der Waals surface area contributed by atoms with Gasteiger partial charge in [-0.15, -0.1) is 0 Å². The summed E-state index contributed by atoms with van der Waals surface area (Å²) in [6.45, 7) is 0. The molecule has 0 aliphatic heterocycles. The van der Waals surface area contributed by atoms with Crippen molar-refractivity contribution in [2.24, 2.45) is 0 Å². The standard InChI is InChI=1S/C13H8ClFN2/c14-10-3-1-2-4-12(10)17-13-6-5-9(8-16)7-11(13)15/h1-7,17H. The molecule has 2 aromatic carbocycles. The number of nitrogens with zero attached hydrogens (tertiary/aromatic N) is 1. The molecule has 0 spiro atoms. The first-order valence-corrected chi connectivity index (χ1v) is 5.29. The van der Waals surface area contributed by atoms with E-state index < -0.39 is 5.82 Å². The van der Waals surface area contributed by atoms with Crippen LogP contribution in [0.5, 0.6) is 0 Å². The van der Waals surface area contributed by atoms with Crippen molar-refractivity contribution in [3.8, 4) is 6.07 Å². The molecule has 1 N–H and O–H groups in total. The van der Waals surface area contributed by atoms with Gasteiger partial charge in [-0.25, -0.2) is 4.39 Å². The lowest BCUT2D eigenvalue weighted by Gasteiger charge is -2.09. The van der Waals surface area contributed by atoms with E-state index in [1.807, 2.05) is 6.07 Å². The first-order chi connectivity index (χ1) is 8.20. The Labute approximate surface area is 103 Å². The van der Waals surface area contributed by atoms with Crippen molar-refractivity contribution in [2.75, 3.05) is 5.32 Å². The number of hydrogen-bond acceptors (Lipinski definition) is 2. The Morgan fingerprint density at radius 2 is 1.88 bits per heavy atom. The van der Waals surface area contributed by atoms with Crippen molar-refractivity contribution < 1.29 is 4.39 Å². The molecule has 0 atom stereocenters. The molecular formula is C13H8ClFN2. The van der Waals surface area contributed by atoms with Gasteiger partial charge in [-0.05, 0) is 30.3 Å². The average Bonchev–Trinajstić information content (AvgIpc) is 2.34. The molecule has 0 saturated carbocycles. The van der Waals surface area contributed by atoms with Crippen molar-refractivity contribution in [2.45, 2.75) is 0 Å². The van der Waals surface area contributed by atoms with Crippen LogP contribution in [0.15, 0.2) is 42.5 Å². The molecular weight excluding hydrogens is 239 g/mol. The topological polar surface area (TPSA) is 35.8 Å². The number of nitrogens with one attached hydrogen (secondary N) is 1. The highest BCUT2D eigenvalue weighted by Gasteiger charge is 2.05. The fourth-order valence-corrected chi connectivity index (χ4v) is 1.58. The van der Waals surface area contributed by atoms with Crippen LogP contribution in [0.4, 0.5) is 15.8 Å². The maximum atomic E-state index is 13.6. The quantitative estimate of drug-likeness (QED) is 0.866. The Hall–Kier alpha value is -2.05. The maximum Gasteiger partial charge on any atom is 0.147 e. The molecule has 0 unspecified atom stereocenters. The zero-order chi connectivity index (χ0) is 12.3. The summed E-state index contributed by atoms with van der Waals surface area (Å²) in [5, 5.41) is 12.0. The lowest BCUT2D eigenvalue weighted by molar-refractivity contribution is 0.631. The highest BCUT2D eigenvalue weighted by atomic mass is 35.5. The summed E-state index contributed by atoms with van der Waals surface area (Å²) in [5.74, 6) is -0.482. The van der Waals surface area contributed by atoms with Crippen molar-refractivity contribution >= 4 is 23.0 Å². The first-order valence-electron chi connectivity index (χ1n) is 4.92. The van der Waals surface area contributed by atoms with E-state index in [1.165, 1.54) is 12.1 Å². The summed E-state index contributed by atoms with van der Waals surface area (Å²) in [6.07, 6.45) is 0. The summed E-state index contributed by atoms with van der Waals surface area (Å²) < 4.78 is 13.6. The molecule has 0 bridgehead atoms. The monoisotopic (exact) mass is 246 g/mol. The molecule has 0 radical (unpaired) electrons. The molecule has 0 aromatic heterocycles. The normalized spacial score (nSPS) is 9.71. The van der Waals surface area contributed by atoms with E-state index in [4.69, 9.17) is 16.9 Å². The fraction of sp³-hybridized carbons (Fsp3) is 0. The van der Waals surface area contributed by atoms with E-state index in [2.05, 4.69) is 5.32 Å². The maximum absolute atomic E-state index is 13.6. The second kappa shape index (κ2) is 4.86. The van der Waals surface area contributed by atoms with Crippen LogP contribution < -0.4 is 5.32 Å². The highest BCUT2D eigenvalue weighted by Crippen LogP contribution is 2.26. The number of hydrogen-bond donors (Lipinski definition) is 1. The molecule has 84 valence electrons. The van der Waals surface area contributed by atoms with Crippen LogP contribution in [0.3, 0.4) is 0 Å². The predicted molar refractivity (Wildman–Crippen MR) is 65.8 cm³/mol. The fourth-order valence-electron chi connectivity index (χ4n) is 1.39. The van der Waals surface area contributed by atoms with Crippen LogP contribution in [0, 0.1) is 17.1 Å². The van der Waals surface area contributed by atoms with Gasteiger partial charge in [0, 0.05) is 0 Å². The Morgan fingerprint density at radius 1 is 1.12 bits per heavy atom. The minimum absolute atomic E-state index is 0.284. The zero-order valence-corrected chi connectivity index (χ0v) is 9.50. The minimum atomic E-state index is -0.482. The Bertz CT molecular complexity index is 590. The molecule has 2 rings (SSSR count). The van der Waals surface area contributed by atoms with Crippen LogP contribution in [-0.4, -0.2) is 0 Å². The summed E-state index contributed by atoms with van der Waals surface area (Å²) in [5.41, 5.74) is 1.20. The van der Waals surface area contributed by atoms with Gasteiger partial charge < -0.3 is 5.32 Å². The van der Waals surface area contributed by atoms with Gasteiger partial charge >= 0.3 is 0 Å². The number of nitriles is 1. The molecule has 2 aromatic rings. The van der Waals surface area contributed by atoms with E-state index in [9.17, 15) is 4.39 Å². The van der Waals surface area contributed by atoms with Gasteiger partial charge in [0.05, 0.1) is 28.0 Å². The number of rotatable bonds is 2. The van der Waals surface area contributed by atoms with Gasteiger partial charge in [-0.3, -0.25) is 0 Å². The van der Waals surface area contributed by atoms with Crippen molar-refractivity contribution in [3.63, 3.8) is 0 Å². The Morgan fingerprint density at radius 3 is 2.53 bits per heavy atom. The molecule has 0 fully saturated rings. The van der Waals surface area contributed by atoms with Gasteiger partial charge in [0.1, 0.15) is 5.82 Å². The summed E-state index contributed by atoms with van der Waals surface area (Å²) >= 11 is 5.95. The van der Waals surface area contributed by atoms with Crippen LogP contribution in [0.25, 0.3) is 0 Å². The van der Waals surface area contributed by atoms with Gasteiger partial charge in [0.2, 0.25) is 0 Å². The number of benzene rings is 2. The third kappa shape index (κ3) is 2.55. The third-order valence-electron chi connectivity index (χ3n) is 2.24. The molecule has 0 amide bonds. The molecule has 0 aliphatic rings. The lowest BCUT2D eigenvalue weighted by atomic mass is 10.2. The van der Waals surface area contributed by atoms with Crippen molar-refractivity contribution in [3.05, 3.63) is 58.9 Å². The Kier molecular flexibility index (Phi) is 3.27. The molecule has 2 nitrogen and oxygen atoms in total. The third-order valence-corrected chi connectivity index (χ3v) is 2.57. The van der Waals surface area contributed by atoms with Crippen LogP contribution in [-0.2, 0) is 0 Å². The molecule has 0 heterocycles. The number of anilines is 2. The van der Waals surface area contributed by atoms with E-state index in [1.54, 1.807) is 30.3 Å². The summed E-state index contributed by atoms with van der Waals surface area (Å²) in [6, 6.07) is 13.2. The molecule has 17 heavy (non-hydrogen) atoms. The molecule has 0 saturated heterocycles. The van der Waals surface area contributed by atoms with E-state index >= 15 is 0 Å². The molecule has 4 heteroatoms. The van der Waals surface area contributed by atoms with Gasteiger partial charge in [0.25, 0.3) is 0 Å². The lowest BCUT2D eigenvalue weighted by Crippen LogP contribution is -1.94. The number of halogens is 2. The SMILES string of the molecule is N#Cc1ccc(Nc2ccccc2Cl)c(F)c1. The minimum Gasteiger partial charge on any atom is -0.352 e. The Balaban J connectivity index is 2.32. The average molecular weight is 247 g/mol. The van der Waals surface area contributed by atoms with Crippen LogP contribution in [0.1, 0.15) is 5.56 Å². The first kappa shape index (κ1) is 11.4. The van der Waals surface area contributed by atoms with Gasteiger partial charge in [0.15, 0.2) is 0 Å². The molecule has 0 aliphatic carbocycles. The highest BCUT2D eigenvalue weighted by molar-refractivity contribution is 6.33. The summed E-state index contributed by atoms with van der Waals surface area (Å²) in [7, 11) is 0. The van der Waals surface area contributed by atoms with Crippen molar-refractivity contribution in [1.29, 1.82) is 5.26 Å². The smallest absolute Gasteiger partial charge is 0.147 e. The van der Waals surface area contributed by atoms with Crippen molar-refractivity contribution in [1.82, 2.24) is 0 Å². The zero-order valence-electron chi connectivity index (χ0n) is 8.74. The van der Waals surface area contributed by atoms with E-state index in [0.29, 0.717) is 10.7 Å². The van der Waals surface area contributed by atoms with E-state index in [0.717, 1.165) is 0 Å². The van der Waals surface area contributed by atoms with Gasteiger partial charge in [-0.1, -0.05) is 23.7 Å². The number of para-hydroxylation sites is 1. The van der Waals surface area contributed by atoms with E-state index in [-0.39, 0.29) is 11.3 Å².